The number of hydrogen-bond acceptors (Lipinski definition) is 3. The van der Waals surface area contributed by atoms with Crippen molar-refractivity contribution in [3.8, 4) is 11.8 Å². The number of nitriles is 1. The van der Waals surface area contributed by atoms with Gasteiger partial charge in [0.2, 0.25) is 0 Å². The maximum atomic E-state index is 8.88. The van der Waals surface area contributed by atoms with E-state index in [1.165, 1.54) is 0 Å². The quantitative estimate of drug-likeness (QED) is 0.940. The maximum Gasteiger partial charge on any atom is 0.137 e. The van der Waals surface area contributed by atoms with Gasteiger partial charge in [-0.2, -0.15) is 5.26 Å². The molecule has 19 heavy (non-hydrogen) atoms. The van der Waals surface area contributed by atoms with Crippen LogP contribution >= 0.6 is 15.9 Å². The Morgan fingerprint density at radius 1 is 1.21 bits per heavy atom. The molecule has 0 spiro atoms. The van der Waals surface area contributed by atoms with E-state index in [1.807, 2.05) is 30.3 Å². The highest BCUT2D eigenvalue weighted by Gasteiger charge is 2.14. The Morgan fingerprint density at radius 2 is 2.00 bits per heavy atom. The van der Waals surface area contributed by atoms with E-state index in [-0.39, 0.29) is 6.10 Å². The first-order valence-electron chi connectivity index (χ1n) is 5.86. The van der Waals surface area contributed by atoms with Crippen LogP contribution in [0.1, 0.15) is 17.2 Å². The number of nitrogens with two attached hydrogens (primary N) is 1. The van der Waals surface area contributed by atoms with Crippen LogP contribution in [0.4, 0.5) is 0 Å². The number of ether oxygens (including phenoxy) is 1. The fraction of sp³-hybridized carbons (Fsp3) is 0.133. The molecule has 1 unspecified atom stereocenters. The van der Waals surface area contributed by atoms with Gasteiger partial charge in [-0.3, -0.25) is 0 Å². The van der Waals surface area contributed by atoms with E-state index < -0.39 is 0 Å². The highest BCUT2D eigenvalue weighted by Crippen LogP contribution is 2.27. The molecule has 0 aromatic heterocycles. The maximum absolute atomic E-state index is 8.88. The van der Waals surface area contributed by atoms with E-state index in [9.17, 15) is 0 Å². The first kappa shape index (κ1) is 13.6. The van der Waals surface area contributed by atoms with E-state index in [0.29, 0.717) is 17.9 Å². The first-order valence-corrected chi connectivity index (χ1v) is 6.65. The van der Waals surface area contributed by atoms with E-state index in [0.717, 1.165) is 10.0 Å². The molecular formula is C15H13BrN2O. The van der Waals surface area contributed by atoms with Gasteiger partial charge in [0.1, 0.15) is 11.9 Å². The van der Waals surface area contributed by atoms with Gasteiger partial charge in [0.05, 0.1) is 11.6 Å². The van der Waals surface area contributed by atoms with Crippen molar-refractivity contribution in [2.24, 2.45) is 5.73 Å². The van der Waals surface area contributed by atoms with Crippen molar-refractivity contribution in [2.75, 3.05) is 6.54 Å². The summed E-state index contributed by atoms with van der Waals surface area (Å²) >= 11 is 3.49. The van der Waals surface area contributed by atoms with Gasteiger partial charge in [0.25, 0.3) is 0 Å². The van der Waals surface area contributed by atoms with Crippen molar-refractivity contribution in [3.05, 3.63) is 64.1 Å². The zero-order valence-corrected chi connectivity index (χ0v) is 11.8. The zero-order chi connectivity index (χ0) is 13.7. The average molecular weight is 317 g/mol. The third-order valence-corrected chi connectivity index (χ3v) is 3.43. The van der Waals surface area contributed by atoms with E-state index in [2.05, 4.69) is 22.0 Å². The fourth-order valence-electron chi connectivity index (χ4n) is 1.78. The third-order valence-electron chi connectivity index (χ3n) is 2.71. The molecule has 0 aliphatic rings. The van der Waals surface area contributed by atoms with Crippen LogP contribution in [0.3, 0.4) is 0 Å². The zero-order valence-electron chi connectivity index (χ0n) is 10.2. The molecular weight excluding hydrogens is 304 g/mol. The number of nitrogens with zero attached hydrogens (tertiary/aromatic N) is 1. The highest BCUT2D eigenvalue weighted by atomic mass is 79.9. The molecule has 4 heteroatoms. The molecule has 0 aliphatic carbocycles. The summed E-state index contributed by atoms with van der Waals surface area (Å²) < 4.78 is 6.83. The van der Waals surface area contributed by atoms with Gasteiger partial charge in [-0.25, -0.2) is 0 Å². The minimum absolute atomic E-state index is 0.246. The molecule has 0 fully saturated rings. The number of rotatable bonds is 4. The second-order valence-electron chi connectivity index (χ2n) is 4.00. The Labute approximate surface area is 120 Å². The Balaban J connectivity index is 2.24. The van der Waals surface area contributed by atoms with Gasteiger partial charge in [-0.1, -0.05) is 40.2 Å². The summed E-state index contributed by atoms with van der Waals surface area (Å²) in [4.78, 5) is 0. The lowest BCUT2D eigenvalue weighted by atomic mass is 10.1. The normalized spacial score (nSPS) is 11.6. The Bertz CT molecular complexity index is 607. The molecule has 1 atom stereocenters. The van der Waals surface area contributed by atoms with Gasteiger partial charge in [-0.05, 0) is 24.3 Å². The number of benzene rings is 2. The van der Waals surface area contributed by atoms with Gasteiger partial charge in [0, 0.05) is 16.6 Å². The summed E-state index contributed by atoms with van der Waals surface area (Å²) in [5.41, 5.74) is 7.34. The summed E-state index contributed by atoms with van der Waals surface area (Å²) in [5, 5.41) is 8.88. The topological polar surface area (TPSA) is 59.0 Å². The summed E-state index contributed by atoms with van der Waals surface area (Å²) in [6.45, 7) is 0.361. The average Bonchev–Trinajstić information content (AvgIpc) is 2.46. The van der Waals surface area contributed by atoms with Crippen molar-refractivity contribution in [1.29, 1.82) is 5.26 Å². The van der Waals surface area contributed by atoms with E-state index in [1.54, 1.807) is 18.2 Å². The number of hydrogen-bond donors (Lipinski definition) is 1. The van der Waals surface area contributed by atoms with Crippen LogP contribution in [0.25, 0.3) is 0 Å². The lowest BCUT2D eigenvalue weighted by Crippen LogP contribution is -2.18. The molecule has 2 aromatic carbocycles. The molecule has 0 radical (unpaired) electrons. The Hall–Kier alpha value is -1.83. The van der Waals surface area contributed by atoms with Crippen molar-refractivity contribution < 1.29 is 4.74 Å². The minimum Gasteiger partial charge on any atom is -0.484 e. The molecule has 2 aromatic rings. The van der Waals surface area contributed by atoms with Crippen LogP contribution in [0.2, 0.25) is 0 Å². The SMILES string of the molecule is N#Cc1cccc(OC(CN)c2ccccc2Br)c1. The van der Waals surface area contributed by atoms with Crippen LogP contribution < -0.4 is 10.5 Å². The lowest BCUT2D eigenvalue weighted by Gasteiger charge is -2.19. The Kier molecular flexibility index (Phi) is 4.56. The molecule has 2 rings (SSSR count). The second kappa shape index (κ2) is 6.37. The largest absolute Gasteiger partial charge is 0.484 e. The van der Waals surface area contributed by atoms with Crippen molar-refractivity contribution in [1.82, 2.24) is 0 Å². The molecule has 0 amide bonds. The standard InChI is InChI=1S/C15H13BrN2O/c16-14-7-2-1-6-13(14)15(10-18)19-12-5-3-4-11(8-12)9-17/h1-8,15H,10,18H2. The molecule has 0 heterocycles. The van der Waals surface area contributed by atoms with Gasteiger partial charge in [-0.15, -0.1) is 0 Å². The van der Waals surface area contributed by atoms with Crippen LogP contribution in [-0.4, -0.2) is 6.54 Å². The lowest BCUT2D eigenvalue weighted by molar-refractivity contribution is 0.213. The minimum atomic E-state index is -0.246. The highest BCUT2D eigenvalue weighted by molar-refractivity contribution is 9.10. The van der Waals surface area contributed by atoms with Crippen molar-refractivity contribution in [3.63, 3.8) is 0 Å². The summed E-state index contributed by atoms with van der Waals surface area (Å²) in [6.07, 6.45) is -0.246. The molecule has 3 nitrogen and oxygen atoms in total. The van der Waals surface area contributed by atoms with Crippen LogP contribution in [-0.2, 0) is 0 Å². The third kappa shape index (κ3) is 3.34. The first-order chi connectivity index (χ1) is 9.24. The smallest absolute Gasteiger partial charge is 0.137 e. The molecule has 0 aliphatic heterocycles. The molecule has 0 saturated heterocycles. The molecule has 2 N–H and O–H groups in total. The summed E-state index contributed by atoms with van der Waals surface area (Å²) in [5.74, 6) is 0.644. The summed E-state index contributed by atoms with van der Waals surface area (Å²) in [7, 11) is 0. The summed E-state index contributed by atoms with van der Waals surface area (Å²) in [6, 6.07) is 17.0. The fourth-order valence-corrected chi connectivity index (χ4v) is 2.32. The van der Waals surface area contributed by atoms with Gasteiger partial charge in [0.15, 0.2) is 0 Å². The van der Waals surface area contributed by atoms with E-state index in [4.69, 9.17) is 15.7 Å². The van der Waals surface area contributed by atoms with Crippen LogP contribution in [0, 0.1) is 11.3 Å². The monoisotopic (exact) mass is 316 g/mol. The predicted octanol–water partition coefficient (Wildman–Crippen LogP) is 3.40. The second-order valence-corrected chi connectivity index (χ2v) is 4.86. The Morgan fingerprint density at radius 3 is 2.68 bits per heavy atom. The molecule has 0 bridgehead atoms. The van der Waals surface area contributed by atoms with Crippen LogP contribution in [0.5, 0.6) is 5.75 Å². The number of halogens is 1. The molecule has 0 saturated carbocycles. The van der Waals surface area contributed by atoms with E-state index >= 15 is 0 Å². The van der Waals surface area contributed by atoms with Crippen molar-refractivity contribution in [2.45, 2.75) is 6.10 Å². The van der Waals surface area contributed by atoms with Crippen LogP contribution in [0.15, 0.2) is 53.0 Å². The van der Waals surface area contributed by atoms with Crippen molar-refractivity contribution >= 4 is 15.9 Å². The van der Waals surface area contributed by atoms with Gasteiger partial charge < -0.3 is 10.5 Å². The molecule has 96 valence electrons. The predicted molar refractivity (Wildman–Crippen MR) is 77.7 cm³/mol. The van der Waals surface area contributed by atoms with Gasteiger partial charge >= 0.3 is 0 Å².